The summed E-state index contributed by atoms with van der Waals surface area (Å²) < 4.78 is 13.4. The first-order valence-electron chi connectivity index (χ1n) is 6.74. The Morgan fingerprint density at radius 3 is 3.10 bits per heavy atom. The summed E-state index contributed by atoms with van der Waals surface area (Å²) >= 11 is 0. The molecule has 0 aliphatic carbocycles. The highest BCUT2D eigenvalue weighted by Gasteiger charge is 2.30. The lowest BCUT2D eigenvalue weighted by Crippen LogP contribution is -2.23. The van der Waals surface area contributed by atoms with E-state index in [0.29, 0.717) is 12.2 Å². The molecular weight excluding hydrogens is 271 g/mol. The highest BCUT2D eigenvalue weighted by molar-refractivity contribution is 5.94. The van der Waals surface area contributed by atoms with Gasteiger partial charge in [0.2, 0.25) is 5.91 Å². The summed E-state index contributed by atoms with van der Waals surface area (Å²) in [6.07, 6.45) is 2.08. The maximum Gasteiger partial charge on any atom is 0.226 e. The van der Waals surface area contributed by atoms with Crippen molar-refractivity contribution in [2.24, 2.45) is 0 Å². The summed E-state index contributed by atoms with van der Waals surface area (Å²) in [4.78, 5) is 15.2. The van der Waals surface area contributed by atoms with Gasteiger partial charge in [-0.15, -0.1) is 0 Å². The molecule has 0 radical (unpaired) electrons. The van der Waals surface area contributed by atoms with E-state index in [1.165, 1.54) is 12.1 Å². The van der Waals surface area contributed by atoms with E-state index in [1.807, 2.05) is 6.92 Å². The third-order valence-corrected chi connectivity index (χ3v) is 4.11. The smallest absolute Gasteiger partial charge is 0.226 e. The normalized spacial score (nSPS) is 17.8. The first kappa shape index (κ1) is 12.1. The largest absolute Gasteiger partial charge is 0.358 e. The standard InChI is InChI=1S/C15H13FN4O/c1-7-9-4-8(16)2-3-12(9)18-14(7)10-5-13(21)19-15-11(10)6-17-20-15/h2-4,6,10,18H,5H2,1H3,(H2,17,19,20,21)/t10-/m0/s1. The number of fused-ring (bicyclic) bond motifs is 2. The molecule has 2 aromatic heterocycles. The maximum absolute atomic E-state index is 13.4. The fourth-order valence-corrected chi connectivity index (χ4v) is 3.07. The average molecular weight is 284 g/mol. The zero-order chi connectivity index (χ0) is 14.6. The van der Waals surface area contributed by atoms with Gasteiger partial charge in [-0.1, -0.05) is 0 Å². The Bertz CT molecular complexity index is 864. The third-order valence-electron chi connectivity index (χ3n) is 4.11. The number of carbonyl (C=O) groups excluding carboxylic acids is 1. The van der Waals surface area contributed by atoms with Crippen LogP contribution < -0.4 is 5.32 Å². The molecule has 1 aromatic carbocycles. The van der Waals surface area contributed by atoms with Gasteiger partial charge in [-0.3, -0.25) is 9.89 Å². The predicted molar refractivity (Wildman–Crippen MR) is 76.7 cm³/mol. The third kappa shape index (κ3) is 1.75. The number of hydrogen-bond acceptors (Lipinski definition) is 2. The number of carbonyl (C=O) groups is 1. The van der Waals surface area contributed by atoms with Crippen LogP contribution in [-0.2, 0) is 4.79 Å². The van der Waals surface area contributed by atoms with Crippen LogP contribution in [0.4, 0.5) is 10.2 Å². The Morgan fingerprint density at radius 2 is 2.24 bits per heavy atom. The minimum absolute atomic E-state index is 0.0546. The van der Waals surface area contributed by atoms with Crippen LogP contribution in [0.25, 0.3) is 10.9 Å². The van der Waals surface area contributed by atoms with Gasteiger partial charge >= 0.3 is 0 Å². The fraction of sp³-hybridized carbons (Fsp3) is 0.200. The van der Waals surface area contributed by atoms with Gasteiger partial charge < -0.3 is 10.3 Å². The van der Waals surface area contributed by atoms with Crippen LogP contribution in [-0.4, -0.2) is 21.1 Å². The number of aromatic amines is 2. The molecule has 0 saturated heterocycles. The second-order valence-electron chi connectivity index (χ2n) is 5.36. The van der Waals surface area contributed by atoms with Gasteiger partial charge in [-0.2, -0.15) is 5.10 Å². The molecule has 3 aromatic rings. The second kappa shape index (κ2) is 4.18. The molecule has 1 atom stereocenters. The van der Waals surface area contributed by atoms with Gasteiger partial charge in [0.05, 0.1) is 6.20 Å². The summed E-state index contributed by atoms with van der Waals surface area (Å²) in [6.45, 7) is 1.94. The highest BCUT2D eigenvalue weighted by atomic mass is 19.1. The molecule has 21 heavy (non-hydrogen) atoms. The Hall–Kier alpha value is -2.63. The van der Waals surface area contributed by atoms with E-state index >= 15 is 0 Å². The molecule has 1 aliphatic heterocycles. The van der Waals surface area contributed by atoms with E-state index in [9.17, 15) is 9.18 Å². The zero-order valence-electron chi connectivity index (χ0n) is 11.3. The molecular formula is C15H13FN4O. The monoisotopic (exact) mass is 284 g/mol. The predicted octanol–water partition coefficient (Wildman–Crippen LogP) is 2.81. The van der Waals surface area contributed by atoms with Crippen molar-refractivity contribution in [1.82, 2.24) is 15.2 Å². The average Bonchev–Trinajstić information content (AvgIpc) is 3.03. The van der Waals surface area contributed by atoms with Crippen LogP contribution in [0.2, 0.25) is 0 Å². The molecule has 0 fully saturated rings. The van der Waals surface area contributed by atoms with Crippen LogP contribution in [0.5, 0.6) is 0 Å². The van der Waals surface area contributed by atoms with Crippen molar-refractivity contribution in [2.75, 3.05) is 5.32 Å². The van der Waals surface area contributed by atoms with Crippen molar-refractivity contribution < 1.29 is 9.18 Å². The lowest BCUT2D eigenvalue weighted by atomic mass is 9.89. The molecule has 106 valence electrons. The van der Waals surface area contributed by atoms with Crippen molar-refractivity contribution in [2.45, 2.75) is 19.3 Å². The van der Waals surface area contributed by atoms with Crippen LogP contribution >= 0.6 is 0 Å². The number of anilines is 1. The second-order valence-corrected chi connectivity index (χ2v) is 5.36. The van der Waals surface area contributed by atoms with Crippen molar-refractivity contribution in [3.63, 3.8) is 0 Å². The number of nitrogens with zero attached hydrogens (tertiary/aromatic N) is 1. The minimum Gasteiger partial charge on any atom is -0.358 e. The number of aryl methyl sites for hydroxylation is 1. The number of amides is 1. The summed E-state index contributed by atoms with van der Waals surface area (Å²) in [5.41, 5.74) is 3.73. The molecule has 6 heteroatoms. The number of H-pyrrole nitrogens is 2. The summed E-state index contributed by atoms with van der Waals surface area (Å²) in [7, 11) is 0. The van der Waals surface area contributed by atoms with E-state index in [1.54, 1.807) is 12.3 Å². The van der Waals surface area contributed by atoms with Crippen molar-refractivity contribution in [3.05, 3.63) is 47.0 Å². The number of hydrogen-bond donors (Lipinski definition) is 3. The van der Waals surface area contributed by atoms with Crippen LogP contribution in [0.15, 0.2) is 24.4 Å². The van der Waals surface area contributed by atoms with Gasteiger partial charge in [0.1, 0.15) is 11.6 Å². The molecule has 0 bridgehead atoms. The molecule has 5 nitrogen and oxygen atoms in total. The summed E-state index contributed by atoms with van der Waals surface area (Å²) in [5, 5.41) is 10.4. The number of halogens is 1. The Labute approximate surface area is 119 Å². The van der Waals surface area contributed by atoms with Gasteiger partial charge in [0.25, 0.3) is 0 Å². The zero-order valence-corrected chi connectivity index (χ0v) is 11.3. The van der Waals surface area contributed by atoms with Crippen molar-refractivity contribution in [3.8, 4) is 0 Å². The van der Waals surface area contributed by atoms with Crippen LogP contribution in [0.1, 0.15) is 29.2 Å². The number of nitrogens with one attached hydrogen (secondary N) is 3. The SMILES string of the molecule is Cc1c([C@H]2CC(=O)Nc3[nH]ncc32)[nH]c2ccc(F)cc12. The maximum atomic E-state index is 13.4. The topological polar surface area (TPSA) is 73.6 Å². The van der Waals surface area contributed by atoms with Crippen molar-refractivity contribution >= 4 is 22.6 Å². The molecule has 3 N–H and O–H groups in total. The van der Waals surface area contributed by atoms with Gasteiger partial charge in [0.15, 0.2) is 0 Å². The van der Waals surface area contributed by atoms with E-state index < -0.39 is 0 Å². The van der Waals surface area contributed by atoms with E-state index in [2.05, 4.69) is 20.5 Å². The number of rotatable bonds is 1. The molecule has 4 rings (SSSR count). The first-order valence-corrected chi connectivity index (χ1v) is 6.74. The van der Waals surface area contributed by atoms with Crippen molar-refractivity contribution in [1.29, 1.82) is 0 Å². The van der Waals surface area contributed by atoms with E-state index in [-0.39, 0.29) is 17.6 Å². The van der Waals surface area contributed by atoms with E-state index in [4.69, 9.17) is 0 Å². The van der Waals surface area contributed by atoms with Crippen LogP contribution in [0.3, 0.4) is 0 Å². The van der Waals surface area contributed by atoms with E-state index in [0.717, 1.165) is 27.7 Å². The molecule has 0 spiro atoms. The van der Waals surface area contributed by atoms with Gasteiger partial charge in [0, 0.05) is 34.5 Å². The number of aromatic nitrogens is 3. The summed E-state index contributed by atoms with van der Waals surface area (Å²) in [6, 6.07) is 4.67. The molecule has 0 unspecified atom stereocenters. The quantitative estimate of drug-likeness (QED) is 0.643. The molecule has 1 aliphatic rings. The molecule has 0 saturated carbocycles. The lowest BCUT2D eigenvalue weighted by molar-refractivity contribution is -0.116. The molecule has 3 heterocycles. The first-order chi connectivity index (χ1) is 10.1. The highest BCUT2D eigenvalue weighted by Crippen LogP contribution is 2.38. The lowest BCUT2D eigenvalue weighted by Gasteiger charge is -2.21. The minimum atomic E-state index is -0.262. The van der Waals surface area contributed by atoms with Gasteiger partial charge in [-0.25, -0.2) is 4.39 Å². The number of benzene rings is 1. The Balaban J connectivity index is 1.91. The Morgan fingerprint density at radius 1 is 1.38 bits per heavy atom. The Kier molecular flexibility index (Phi) is 2.42. The fourth-order valence-electron chi connectivity index (χ4n) is 3.07. The van der Waals surface area contributed by atoms with Gasteiger partial charge in [-0.05, 0) is 30.7 Å². The van der Waals surface area contributed by atoms with Crippen LogP contribution in [0, 0.1) is 12.7 Å². The summed E-state index contributed by atoms with van der Waals surface area (Å²) in [5.74, 6) is 0.228. The molecule has 1 amide bonds.